The van der Waals surface area contributed by atoms with Crippen LogP contribution in [-0.4, -0.2) is 61.7 Å². The molecule has 1 spiro atoms. The molecule has 4 nitrogen and oxygen atoms in total. The van der Waals surface area contributed by atoms with Crippen LogP contribution in [0.1, 0.15) is 18.4 Å². The lowest BCUT2D eigenvalue weighted by Gasteiger charge is -2.42. The van der Waals surface area contributed by atoms with Gasteiger partial charge in [0.25, 0.3) is 0 Å². The van der Waals surface area contributed by atoms with E-state index in [4.69, 9.17) is 4.74 Å². The molecule has 1 aromatic heterocycles. The molecule has 2 fully saturated rings. The summed E-state index contributed by atoms with van der Waals surface area (Å²) in [4.78, 5) is 9.28. The number of piperidine rings is 1. The zero-order chi connectivity index (χ0) is 14.7. The molecule has 0 bridgehead atoms. The van der Waals surface area contributed by atoms with Crippen LogP contribution in [-0.2, 0) is 11.3 Å². The van der Waals surface area contributed by atoms with Crippen LogP contribution in [0.3, 0.4) is 0 Å². The standard InChI is InChI=1S/C17H27N3O/c1-19-12-16(13-21-2)17(14-19)5-8-20(9-6-17)11-15-4-3-7-18-10-15/h3-4,7,10,16H,5-6,8-9,11-14H2,1-2H3. The predicted octanol–water partition coefficient (Wildman–Crippen LogP) is 1.87. The van der Waals surface area contributed by atoms with Gasteiger partial charge in [-0.15, -0.1) is 0 Å². The third kappa shape index (κ3) is 3.28. The minimum atomic E-state index is 0.482. The number of aromatic nitrogens is 1. The Morgan fingerprint density at radius 2 is 2.19 bits per heavy atom. The summed E-state index contributed by atoms with van der Waals surface area (Å²) in [6.45, 7) is 6.77. The molecule has 2 aliphatic rings. The first-order valence-corrected chi connectivity index (χ1v) is 8.01. The van der Waals surface area contributed by atoms with E-state index in [1.807, 2.05) is 25.6 Å². The van der Waals surface area contributed by atoms with Crippen molar-refractivity contribution in [3.8, 4) is 0 Å². The fourth-order valence-corrected chi connectivity index (χ4v) is 4.20. The number of nitrogens with zero attached hydrogens (tertiary/aromatic N) is 3. The summed E-state index contributed by atoms with van der Waals surface area (Å²) < 4.78 is 5.48. The van der Waals surface area contributed by atoms with Gasteiger partial charge in [-0.05, 0) is 50.0 Å². The molecule has 0 amide bonds. The summed E-state index contributed by atoms with van der Waals surface area (Å²) >= 11 is 0. The van der Waals surface area contributed by atoms with Crippen LogP contribution in [0.15, 0.2) is 24.5 Å². The van der Waals surface area contributed by atoms with Crippen molar-refractivity contribution >= 4 is 0 Å². The van der Waals surface area contributed by atoms with Crippen LogP contribution in [0.4, 0.5) is 0 Å². The van der Waals surface area contributed by atoms with E-state index >= 15 is 0 Å². The molecular formula is C17H27N3O. The molecule has 116 valence electrons. The first-order valence-electron chi connectivity index (χ1n) is 8.01. The highest BCUT2D eigenvalue weighted by Gasteiger charge is 2.46. The average Bonchev–Trinajstić information content (AvgIpc) is 2.79. The minimum Gasteiger partial charge on any atom is -0.384 e. The second-order valence-corrected chi connectivity index (χ2v) is 6.85. The van der Waals surface area contributed by atoms with Crippen LogP contribution in [0.5, 0.6) is 0 Å². The Kier molecular flexibility index (Phi) is 4.57. The largest absolute Gasteiger partial charge is 0.384 e. The molecule has 0 N–H and O–H groups in total. The maximum atomic E-state index is 5.48. The van der Waals surface area contributed by atoms with E-state index in [1.54, 1.807) is 0 Å². The fourth-order valence-electron chi connectivity index (χ4n) is 4.20. The number of hydrogen-bond donors (Lipinski definition) is 0. The van der Waals surface area contributed by atoms with Gasteiger partial charge >= 0.3 is 0 Å². The molecule has 3 heterocycles. The topological polar surface area (TPSA) is 28.6 Å². The maximum Gasteiger partial charge on any atom is 0.0508 e. The molecule has 2 aliphatic heterocycles. The van der Waals surface area contributed by atoms with Crippen molar-refractivity contribution in [3.63, 3.8) is 0 Å². The second-order valence-electron chi connectivity index (χ2n) is 6.85. The van der Waals surface area contributed by atoms with Crippen molar-refractivity contribution in [1.82, 2.24) is 14.8 Å². The summed E-state index contributed by atoms with van der Waals surface area (Å²) in [6.07, 6.45) is 6.43. The van der Waals surface area contributed by atoms with Gasteiger partial charge in [-0.3, -0.25) is 9.88 Å². The van der Waals surface area contributed by atoms with E-state index in [-0.39, 0.29) is 0 Å². The van der Waals surface area contributed by atoms with Gasteiger partial charge in [-0.1, -0.05) is 6.07 Å². The number of pyridine rings is 1. The Morgan fingerprint density at radius 3 is 2.86 bits per heavy atom. The monoisotopic (exact) mass is 289 g/mol. The lowest BCUT2D eigenvalue weighted by molar-refractivity contribution is 0.0353. The number of methoxy groups -OCH3 is 1. The van der Waals surface area contributed by atoms with Gasteiger partial charge in [0.1, 0.15) is 0 Å². The van der Waals surface area contributed by atoms with Crippen LogP contribution in [0.2, 0.25) is 0 Å². The van der Waals surface area contributed by atoms with E-state index in [0.29, 0.717) is 11.3 Å². The summed E-state index contributed by atoms with van der Waals surface area (Å²) in [6, 6.07) is 4.20. The predicted molar refractivity (Wildman–Crippen MR) is 84.0 cm³/mol. The Morgan fingerprint density at radius 1 is 1.38 bits per heavy atom. The zero-order valence-corrected chi connectivity index (χ0v) is 13.3. The van der Waals surface area contributed by atoms with E-state index in [9.17, 15) is 0 Å². The van der Waals surface area contributed by atoms with E-state index < -0.39 is 0 Å². The van der Waals surface area contributed by atoms with Gasteiger partial charge in [0.2, 0.25) is 0 Å². The molecule has 1 unspecified atom stereocenters. The van der Waals surface area contributed by atoms with Crippen molar-refractivity contribution in [2.24, 2.45) is 11.3 Å². The van der Waals surface area contributed by atoms with Crippen LogP contribution in [0, 0.1) is 11.3 Å². The summed E-state index contributed by atoms with van der Waals surface area (Å²) in [5.74, 6) is 0.702. The summed E-state index contributed by atoms with van der Waals surface area (Å²) in [7, 11) is 4.09. The molecule has 21 heavy (non-hydrogen) atoms. The third-order valence-electron chi connectivity index (χ3n) is 5.33. The summed E-state index contributed by atoms with van der Waals surface area (Å²) in [5, 5.41) is 0. The zero-order valence-electron chi connectivity index (χ0n) is 13.3. The SMILES string of the molecule is COCC1CN(C)CC12CCN(Cc1cccnc1)CC2. The average molecular weight is 289 g/mol. The molecule has 0 aromatic carbocycles. The third-order valence-corrected chi connectivity index (χ3v) is 5.33. The highest BCUT2D eigenvalue weighted by Crippen LogP contribution is 2.44. The van der Waals surface area contributed by atoms with Gasteiger partial charge in [0.15, 0.2) is 0 Å². The number of hydrogen-bond acceptors (Lipinski definition) is 4. The lowest BCUT2D eigenvalue weighted by atomic mass is 9.71. The molecule has 2 saturated heterocycles. The summed E-state index contributed by atoms with van der Waals surface area (Å²) in [5.41, 5.74) is 1.81. The molecule has 0 saturated carbocycles. The number of likely N-dealkylation sites (tertiary alicyclic amines) is 2. The van der Waals surface area contributed by atoms with E-state index in [0.717, 1.165) is 13.2 Å². The lowest BCUT2D eigenvalue weighted by Crippen LogP contribution is -2.44. The fraction of sp³-hybridized carbons (Fsp3) is 0.706. The van der Waals surface area contributed by atoms with Gasteiger partial charge in [0.05, 0.1) is 6.61 Å². The second kappa shape index (κ2) is 6.42. The van der Waals surface area contributed by atoms with E-state index in [2.05, 4.69) is 27.9 Å². The van der Waals surface area contributed by atoms with Crippen molar-refractivity contribution in [1.29, 1.82) is 0 Å². The molecule has 3 rings (SSSR count). The molecule has 1 aromatic rings. The number of ether oxygens (including phenoxy) is 1. The number of rotatable bonds is 4. The minimum absolute atomic E-state index is 0.482. The van der Waals surface area contributed by atoms with Gasteiger partial charge in [-0.2, -0.15) is 0 Å². The highest BCUT2D eigenvalue weighted by molar-refractivity contribution is 5.09. The normalized spacial score (nSPS) is 26.5. The van der Waals surface area contributed by atoms with Crippen molar-refractivity contribution in [3.05, 3.63) is 30.1 Å². The molecular weight excluding hydrogens is 262 g/mol. The van der Waals surface area contributed by atoms with Crippen LogP contribution in [0.25, 0.3) is 0 Å². The van der Waals surface area contributed by atoms with Crippen molar-refractivity contribution < 1.29 is 4.74 Å². The molecule has 0 aliphatic carbocycles. The maximum absolute atomic E-state index is 5.48. The first kappa shape index (κ1) is 14.9. The molecule has 0 radical (unpaired) electrons. The van der Waals surface area contributed by atoms with Crippen LogP contribution < -0.4 is 0 Å². The quantitative estimate of drug-likeness (QED) is 0.846. The highest BCUT2D eigenvalue weighted by atomic mass is 16.5. The Bertz CT molecular complexity index is 443. The molecule has 1 atom stereocenters. The van der Waals surface area contributed by atoms with E-state index in [1.165, 1.54) is 44.6 Å². The molecule has 4 heteroatoms. The van der Waals surface area contributed by atoms with Crippen molar-refractivity contribution in [2.45, 2.75) is 19.4 Å². The van der Waals surface area contributed by atoms with Crippen molar-refractivity contribution in [2.75, 3.05) is 46.9 Å². The Hall–Kier alpha value is -0.970. The van der Waals surface area contributed by atoms with Gasteiger partial charge < -0.3 is 9.64 Å². The van der Waals surface area contributed by atoms with Crippen LogP contribution >= 0.6 is 0 Å². The van der Waals surface area contributed by atoms with Gasteiger partial charge in [-0.25, -0.2) is 0 Å². The first-order chi connectivity index (χ1) is 10.2. The smallest absolute Gasteiger partial charge is 0.0508 e. The van der Waals surface area contributed by atoms with Gasteiger partial charge in [0, 0.05) is 45.1 Å². The Labute approximate surface area is 128 Å². The Balaban J connectivity index is 1.59.